The molecule has 0 bridgehead atoms. The number of carbonyl (C=O) groups excluding carboxylic acids is 1. The Morgan fingerprint density at radius 2 is 2.35 bits per heavy atom. The van der Waals surface area contributed by atoms with Gasteiger partial charge in [0.25, 0.3) is 0 Å². The molecule has 0 radical (unpaired) electrons. The van der Waals surface area contributed by atoms with Crippen molar-refractivity contribution in [3.8, 4) is 5.75 Å². The molecule has 0 aliphatic rings. The van der Waals surface area contributed by atoms with Gasteiger partial charge in [-0.2, -0.15) is 4.98 Å². The number of rotatable bonds is 4. The number of hydrogen-bond acceptors (Lipinski definition) is 5. The summed E-state index contributed by atoms with van der Waals surface area (Å²) in [5.41, 5.74) is 0.534. The molecule has 0 N–H and O–H groups in total. The maximum atomic E-state index is 10.7. The van der Waals surface area contributed by atoms with Gasteiger partial charge in [-0.1, -0.05) is 21.1 Å². The molecule has 0 amide bonds. The number of halogens is 1. The molecule has 1 aromatic carbocycles. The molecule has 0 saturated heterocycles. The van der Waals surface area contributed by atoms with Crippen LogP contribution in [0.5, 0.6) is 5.75 Å². The Bertz CT molecular complexity index is 539. The second-order valence-corrected chi connectivity index (χ2v) is 4.17. The lowest BCUT2D eigenvalue weighted by molar-refractivity contribution is 0.112. The predicted molar refractivity (Wildman–Crippen MR) is 62.9 cm³/mol. The van der Waals surface area contributed by atoms with Crippen molar-refractivity contribution in [1.82, 2.24) is 10.1 Å². The molecule has 6 heteroatoms. The average molecular weight is 297 g/mol. The highest BCUT2D eigenvalue weighted by atomic mass is 79.9. The Morgan fingerprint density at radius 1 is 1.53 bits per heavy atom. The average Bonchev–Trinajstić information content (AvgIpc) is 2.74. The van der Waals surface area contributed by atoms with Gasteiger partial charge in [0.15, 0.2) is 12.9 Å². The normalized spacial score (nSPS) is 10.2. The minimum atomic E-state index is 0.206. The van der Waals surface area contributed by atoms with Gasteiger partial charge in [-0.25, -0.2) is 0 Å². The van der Waals surface area contributed by atoms with Crippen LogP contribution in [0.4, 0.5) is 0 Å². The SMILES string of the molecule is Cc1nc(COc2ccc(Br)c(C=O)c2)no1. The first-order valence-electron chi connectivity index (χ1n) is 4.86. The van der Waals surface area contributed by atoms with Crippen LogP contribution in [-0.4, -0.2) is 16.4 Å². The van der Waals surface area contributed by atoms with E-state index in [1.165, 1.54) is 0 Å². The fourth-order valence-electron chi connectivity index (χ4n) is 1.25. The number of hydrogen-bond donors (Lipinski definition) is 0. The lowest BCUT2D eigenvalue weighted by Gasteiger charge is -2.04. The molecule has 0 unspecified atom stereocenters. The van der Waals surface area contributed by atoms with Gasteiger partial charge in [0.1, 0.15) is 5.75 Å². The van der Waals surface area contributed by atoms with Crippen LogP contribution in [0.3, 0.4) is 0 Å². The molecule has 0 spiro atoms. The second-order valence-electron chi connectivity index (χ2n) is 3.32. The fourth-order valence-corrected chi connectivity index (χ4v) is 1.59. The lowest BCUT2D eigenvalue weighted by Crippen LogP contribution is -1.98. The Kier molecular flexibility index (Phi) is 3.53. The summed E-state index contributed by atoms with van der Waals surface area (Å²) in [6, 6.07) is 5.15. The number of aromatic nitrogens is 2. The summed E-state index contributed by atoms with van der Waals surface area (Å²) in [7, 11) is 0. The summed E-state index contributed by atoms with van der Waals surface area (Å²) in [5.74, 6) is 1.55. The van der Waals surface area contributed by atoms with Gasteiger partial charge in [0.2, 0.25) is 11.7 Å². The van der Waals surface area contributed by atoms with Gasteiger partial charge in [0, 0.05) is 17.0 Å². The number of carbonyl (C=O) groups is 1. The van der Waals surface area contributed by atoms with E-state index in [2.05, 4.69) is 26.1 Å². The third-order valence-corrected chi connectivity index (χ3v) is 2.75. The maximum Gasteiger partial charge on any atom is 0.223 e. The summed E-state index contributed by atoms with van der Waals surface area (Å²) in [5, 5.41) is 3.70. The van der Waals surface area contributed by atoms with E-state index in [-0.39, 0.29) is 6.61 Å². The Morgan fingerprint density at radius 3 is 3.00 bits per heavy atom. The highest BCUT2D eigenvalue weighted by molar-refractivity contribution is 9.10. The minimum absolute atomic E-state index is 0.206. The van der Waals surface area contributed by atoms with Crippen LogP contribution in [-0.2, 0) is 6.61 Å². The standard InChI is InChI=1S/C11H9BrN2O3/c1-7-13-11(14-17-7)6-16-9-2-3-10(12)8(4-9)5-15/h2-5H,6H2,1H3. The molecule has 0 fully saturated rings. The largest absolute Gasteiger partial charge is 0.485 e. The Labute approximate surface area is 106 Å². The zero-order chi connectivity index (χ0) is 12.3. The molecule has 0 atom stereocenters. The van der Waals surface area contributed by atoms with Crippen molar-refractivity contribution in [2.75, 3.05) is 0 Å². The van der Waals surface area contributed by atoms with Crippen molar-refractivity contribution >= 4 is 22.2 Å². The van der Waals surface area contributed by atoms with Crippen molar-refractivity contribution in [1.29, 1.82) is 0 Å². The van der Waals surface area contributed by atoms with Crippen LogP contribution in [0.25, 0.3) is 0 Å². The van der Waals surface area contributed by atoms with Gasteiger partial charge < -0.3 is 9.26 Å². The van der Waals surface area contributed by atoms with E-state index in [4.69, 9.17) is 9.26 Å². The van der Waals surface area contributed by atoms with Crippen LogP contribution in [0.15, 0.2) is 27.2 Å². The Balaban J connectivity index is 2.06. The third kappa shape index (κ3) is 2.91. The highest BCUT2D eigenvalue weighted by Gasteiger charge is 2.05. The molecule has 0 aliphatic carbocycles. The minimum Gasteiger partial charge on any atom is -0.485 e. The lowest BCUT2D eigenvalue weighted by atomic mass is 10.2. The molecule has 17 heavy (non-hydrogen) atoms. The number of benzene rings is 1. The van der Waals surface area contributed by atoms with Crippen molar-refractivity contribution in [2.45, 2.75) is 13.5 Å². The van der Waals surface area contributed by atoms with Gasteiger partial charge >= 0.3 is 0 Å². The van der Waals surface area contributed by atoms with E-state index < -0.39 is 0 Å². The summed E-state index contributed by atoms with van der Waals surface area (Å²) < 4.78 is 11.0. The monoisotopic (exact) mass is 296 g/mol. The summed E-state index contributed by atoms with van der Waals surface area (Å²) in [6.45, 7) is 1.91. The van der Waals surface area contributed by atoms with Crippen molar-refractivity contribution in [3.05, 3.63) is 40.0 Å². The summed E-state index contributed by atoms with van der Waals surface area (Å²) in [6.07, 6.45) is 0.759. The quantitative estimate of drug-likeness (QED) is 0.811. The topological polar surface area (TPSA) is 65.2 Å². The Hall–Kier alpha value is -1.69. The summed E-state index contributed by atoms with van der Waals surface area (Å²) in [4.78, 5) is 14.7. The molecule has 5 nitrogen and oxygen atoms in total. The first-order chi connectivity index (χ1) is 8.19. The predicted octanol–water partition coefficient (Wildman–Crippen LogP) is 2.53. The van der Waals surface area contributed by atoms with Gasteiger partial charge in [-0.3, -0.25) is 4.79 Å². The molecule has 0 saturated carbocycles. The molecular weight excluding hydrogens is 288 g/mol. The van der Waals surface area contributed by atoms with E-state index in [0.717, 1.165) is 10.8 Å². The molecule has 0 aliphatic heterocycles. The van der Waals surface area contributed by atoms with Crippen LogP contribution in [0.2, 0.25) is 0 Å². The molecule has 1 heterocycles. The first kappa shape index (κ1) is 11.8. The van der Waals surface area contributed by atoms with E-state index in [0.29, 0.717) is 23.0 Å². The van der Waals surface area contributed by atoms with E-state index in [1.807, 2.05) is 0 Å². The zero-order valence-electron chi connectivity index (χ0n) is 9.01. The second kappa shape index (κ2) is 5.09. The van der Waals surface area contributed by atoms with E-state index in [9.17, 15) is 4.79 Å². The maximum absolute atomic E-state index is 10.7. The van der Waals surface area contributed by atoms with Gasteiger partial charge in [-0.05, 0) is 18.2 Å². The zero-order valence-corrected chi connectivity index (χ0v) is 10.6. The van der Waals surface area contributed by atoms with Gasteiger partial charge in [-0.15, -0.1) is 0 Å². The third-order valence-electron chi connectivity index (χ3n) is 2.03. The van der Waals surface area contributed by atoms with E-state index >= 15 is 0 Å². The fraction of sp³-hybridized carbons (Fsp3) is 0.182. The molecule has 2 rings (SSSR count). The van der Waals surface area contributed by atoms with Crippen molar-refractivity contribution in [3.63, 3.8) is 0 Å². The van der Waals surface area contributed by atoms with Crippen molar-refractivity contribution < 1.29 is 14.1 Å². The summed E-state index contributed by atoms with van der Waals surface area (Å²) >= 11 is 3.26. The molecule has 88 valence electrons. The van der Waals surface area contributed by atoms with Crippen molar-refractivity contribution in [2.24, 2.45) is 0 Å². The smallest absolute Gasteiger partial charge is 0.223 e. The van der Waals surface area contributed by atoms with E-state index in [1.54, 1.807) is 25.1 Å². The van der Waals surface area contributed by atoms with Crippen LogP contribution in [0, 0.1) is 6.92 Å². The molecule has 2 aromatic rings. The number of nitrogens with zero attached hydrogens (tertiary/aromatic N) is 2. The number of aryl methyl sites for hydroxylation is 1. The number of ether oxygens (including phenoxy) is 1. The van der Waals surface area contributed by atoms with Crippen LogP contribution < -0.4 is 4.74 Å². The highest BCUT2D eigenvalue weighted by Crippen LogP contribution is 2.21. The molecular formula is C11H9BrN2O3. The molecule has 1 aromatic heterocycles. The first-order valence-corrected chi connectivity index (χ1v) is 5.65. The number of aldehydes is 1. The van der Waals surface area contributed by atoms with Crippen LogP contribution >= 0.6 is 15.9 Å². The van der Waals surface area contributed by atoms with Crippen LogP contribution in [0.1, 0.15) is 22.1 Å². The van der Waals surface area contributed by atoms with Gasteiger partial charge in [0.05, 0.1) is 0 Å².